The van der Waals surface area contributed by atoms with Gasteiger partial charge in [-0.25, -0.2) is 4.79 Å². The van der Waals surface area contributed by atoms with E-state index >= 15 is 0 Å². The van der Waals surface area contributed by atoms with E-state index in [0.29, 0.717) is 0 Å². The fourth-order valence-electron chi connectivity index (χ4n) is 2.12. The number of amides is 1. The lowest BCUT2D eigenvalue weighted by Crippen LogP contribution is -2.27. The van der Waals surface area contributed by atoms with Crippen LogP contribution in [0.3, 0.4) is 0 Å². The van der Waals surface area contributed by atoms with E-state index in [1.165, 1.54) is 12.1 Å². The van der Waals surface area contributed by atoms with Gasteiger partial charge in [-0.15, -0.1) is 0 Å². The molecule has 116 valence electrons. The third-order valence-electron chi connectivity index (χ3n) is 3.42. The van der Waals surface area contributed by atoms with Crippen molar-refractivity contribution < 1.29 is 27.6 Å². The van der Waals surface area contributed by atoms with Crippen molar-refractivity contribution in [3.63, 3.8) is 0 Å². The van der Waals surface area contributed by atoms with Crippen molar-refractivity contribution in [2.45, 2.75) is 17.9 Å². The van der Waals surface area contributed by atoms with Crippen LogP contribution in [0.15, 0.2) is 29.2 Å². The summed E-state index contributed by atoms with van der Waals surface area (Å²) in [7, 11) is -3.90. The standard InChI is InChI=1S/C13H17NO6S/c1-9-2-4-11(5-3-9)21(18,19)20-8-10-6-14(13(16)17)7-12(10)15/h2-5,10,12,15H,6-8H2,1H3,(H,16,17)/t10-,12+/m0/s1. The van der Waals surface area contributed by atoms with Crippen LogP contribution in [-0.2, 0) is 14.3 Å². The Hall–Kier alpha value is -1.64. The summed E-state index contributed by atoms with van der Waals surface area (Å²) in [5, 5.41) is 18.6. The first kappa shape index (κ1) is 15.7. The van der Waals surface area contributed by atoms with E-state index < -0.39 is 28.2 Å². The van der Waals surface area contributed by atoms with Gasteiger partial charge in [-0.05, 0) is 19.1 Å². The van der Waals surface area contributed by atoms with Crippen LogP contribution >= 0.6 is 0 Å². The fraction of sp³-hybridized carbons (Fsp3) is 0.462. The van der Waals surface area contributed by atoms with Gasteiger partial charge >= 0.3 is 6.09 Å². The first-order chi connectivity index (χ1) is 9.79. The average Bonchev–Trinajstić information content (AvgIpc) is 2.79. The lowest BCUT2D eigenvalue weighted by atomic mass is 10.1. The number of hydrogen-bond acceptors (Lipinski definition) is 5. The molecule has 1 aromatic carbocycles. The van der Waals surface area contributed by atoms with Crippen molar-refractivity contribution in [3.8, 4) is 0 Å². The van der Waals surface area contributed by atoms with Gasteiger partial charge in [0.15, 0.2) is 0 Å². The number of aliphatic hydroxyl groups is 1. The van der Waals surface area contributed by atoms with Gasteiger partial charge in [-0.3, -0.25) is 4.18 Å². The third-order valence-corrected chi connectivity index (χ3v) is 4.72. The number of carbonyl (C=O) groups is 1. The lowest BCUT2D eigenvalue weighted by molar-refractivity contribution is 0.111. The molecule has 1 saturated heterocycles. The molecule has 1 aliphatic rings. The summed E-state index contributed by atoms with van der Waals surface area (Å²) in [6, 6.07) is 6.21. The zero-order chi connectivity index (χ0) is 15.6. The van der Waals surface area contributed by atoms with E-state index in [4.69, 9.17) is 9.29 Å². The Morgan fingerprint density at radius 1 is 1.33 bits per heavy atom. The van der Waals surface area contributed by atoms with Crippen molar-refractivity contribution in [2.75, 3.05) is 19.7 Å². The van der Waals surface area contributed by atoms with Gasteiger partial charge in [0.1, 0.15) is 0 Å². The number of benzene rings is 1. The Kier molecular flexibility index (Phi) is 4.50. The number of β-amino-alcohol motifs (C(OH)–C–C–N with tert-alkyl or cyclic N) is 1. The summed E-state index contributed by atoms with van der Waals surface area (Å²) in [4.78, 5) is 11.9. The van der Waals surface area contributed by atoms with E-state index in [9.17, 15) is 18.3 Å². The number of hydrogen-bond donors (Lipinski definition) is 2. The third kappa shape index (κ3) is 3.72. The molecule has 2 rings (SSSR count). The monoisotopic (exact) mass is 315 g/mol. The summed E-state index contributed by atoms with van der Waals surface area (Å²) < 4.78 is 28.9. The van der Waals surface area contributed by atoms with Crippen LogP contribution < -0.4 is 0 Å². The van der Waals surface area contributed by atoms with Crippen LogP contribution in [0, 0.1) is 12.8 Å². The smallest absolute Gasteiger partial charge is 0.407 e. The molecule has 2 N–H and O–H groups in total. The molecule has 1 aliphatic heterocycles. The summed E-state index contributed by atoms with van der Waals surface area (Å²) in [5.74, 6) is -0.554. The van der Waals surface area contributed by atoms with Crippen molar-refractivity contribution >= 4 is 16.2 Å². The fourth-order valence-corrected chi connectivity index (χ4v) is 3.08. The topological polar surface area (TPSA) is 104 Å². The first-order valence-corrected chi connectivity index (χ1v) is 7.82. The molecule has 0 aliphatic carbocycles. The number of aliphatic hydroxyl groups excluding tert-OH is 1. The molecule has 1 amide bonds. The normalized spacial score (nSPS) is 22.5. The van der Waals surface area contributed by atoms with E-state index in [1.807, 2.05) is 6.92 Å². The van der Waals surface area contributed by atoms with Crippen LogP contribution in [0.2, 0.25) is 0 Å². The molecular formula is C13H17NO6S. The van der Waals surface area contributed by atoms with E-state index in [1.54, 1.807) is 12.1 Å². The zero-order valence-electron chi connectivity index (χ0n) is 11.5. The highest BCUT2D eigenvalue weighted by Gasteiger charge is 2.35. The second kappa shape index (κ2) is 6.00. The van der Waals surface area contributed by atoms with Crippen LogP contribution in [0.1, 0.15) is 5.56 Å². The van der Waals surface area contributed by atoms with Crippen molar-refractivity contribution in [3.05, 3.63) is 29.8 Å². The molecule has 1 aromatic rings. The lowest BCUT2D eigenvalue weighted by Gasteiger charge is -2.13. The van der Waals surface area contributed by atoms with Crippen molar-refractivity contribution in [2.24, 2.45) is 5.92 Å². The molecule has 7 nitrogen and oxygen atoms in total. The average molecular weight is 315 g/mol. The van der Waals surface area contributed by atoms with Gasteiger partial charge in [0, 0.05) is 12.5 Å². The molecule has 1 fully saturated rings. The Balaban J connectivity index is 1.99. The van der Waals surface area contributed by atoms with Gasteiger partial charge in [0.25, 0.3) is 10.1 Å². The predicted molar refractivity (Wildman–Crippen MR) is 73.4 cm³/mol. The molecule has 0 spiro atoms. The molecule has 0 radical (unpaired) electrons. The molecule has 0 saturated carbocycles. The van der Waals surface area contributed by atoms with Gasteiger partial charge in [-0.1, -0.05) is 17.7 Å². The van der Waals surface area contributed by atoms with Crippen LogP contribution in [0.25, 0.3) is 0 Å². The highest BCUT2D eigenvalue weighted by atomic mass is 32.2. The van der Waals surface area contributed by atoms with Gasteiger partial charge < -0.3 is 15.1 Å². The predicted octanol–water partition coefficient (Wildman–Crippen LogP) is 0.671. The van der Waals surface area contributed by atoms with Crippen molar-refractivity contribution in [1.82, 2.24) is 4.90 Å². The highest BCUT2D eigenvalue weighted by molar-refractivity contribution is 7.86. The molecule has 1 heterocycles. The second-order valence-corrected chi connectivity index (χ2v) is 6.68. The minimum Gasteiger partial charge on any atom is -0.465 e. The minimum atomic E-state index is -3.90. The molecular weight excluding hydrogens is 298 g/mol. The second-order valence-electron chi connectivity index (χ2n) is 5.07. The van der Waals surface area contributed by atoms with E-state index in [-0.39, 0.29) is 24.6 Å². The van der Waals surface area contributed by atoms with Crippen LogP contribution in [-0.4, -0.2) is 55.4 Å². The molecule has 8 heteroatoms. The largest absolute Gasteiger partial charge is 0.465 e. The molecule has 0 bridgehead atoms. The Bertz CT molecular complexity index is 612. The quantitative estimate of drug-likeness (QED) is 0.791. The summed E-state index contributed by atoms with van der Waals surface area (Å²) >= 11 is 0. The van der Waals surface area contributed by atoms with Gasteiger partial charge in [-0.2, -0.15) is 8.42 Å². The zero-order valence-corrected chi connectivity index (χ0v) is 12.3. The molecule has 2 atom stereocenters. The maximum atomic E-state index is 12.0. The molecule has 0 aromatic heterocycles. The van der Waals surface area contributed by atoms with Gasteiger partial charge in [0.05, 0.1) is 24.2 Å². The highest BCUT2D eigenvalue weighted by Crippen LogP contribution is 2.20. The maximum absolute atomic E-state index is 12.0. The van der Waals surface area contributed by atoms with Crippen LogP contribution in [0.5, 0.6) is 0 Å². The Morgan fingerprint density at radius 3 is 2.48 bits per heavy atom. The summed E-state index contributed by atoms with van der Waals surface area (Å²) in [6.45, 7) is 1.61. The van der Waals surface area contributed by atoms with Gasteiger partial charge in [0.2, 0.25) is 0 Å². The summed E-state index contributed by atoms with van der Waals surface area (Å²) in [5.41, 5.74) is 0.928. The number of aryl methyl sites for hydroxylation is 1. The number of carboxylic acid groups (broad SMARTS) is 1. The Morgan fingerprint density at radius 2 is 1.95 bits per heavy atom. The summed E-state index contributed by atoms with van der Waals surface area (Å²) in [6.07, 6.45) is -2.06. The number of likely N-dealkylation sites (tertiary alicyclic amines) is 1. The molecule has 21 heavy (non-hydrogen) atoms. The Labute approximate surface area is 122 Å². The van der Waals surface area contributed by atoms with Crippen molar-refractivity contribution in [1.29, 1.82) is 0 Å². The molecule has 0 unspecified atom stereocenters. The number of rotatable bonds is 4. The van der Waals surface area contributed by atoms with E-state index in [2.05, 4.69) is 0 Å². The SMILES string of the molecule is Cc1ccc(S(=O)(=O)OC[C@@H]2CN(C(=O)O)C[C@H]2O)cc1. The van der Waals surface area contributed by atoms with E-state index in [0.717, 1.165) is 10.5 Å². The number of nitrogens with zero attached hydrogens (tertiary/aromatic N) is 1. The maximum Gasteiger partial charge on any atom is 0.407 e. The van der Waals surface area contributed by atoms with Crippen LogP contribution in [0.4, 0.5) is 4.79 Å². The minimum absolute atomic E-state index is 0.0338. The first-order valence-electron chi connectivity index (χ1n) is 6.41.